The van der Waals surface area contributed by atoms with Crippen molar-refractivity contribution in [3.63, 3.8) is 0 Å². The van der Waals surface area contributed by atoms with Crippen LogP contribution in [0.4, 0.5) is 17.6 Å². The van der Waals surface area contributed by atoms with Gasteiger partial charge < -0.3 is 20.8 Å². The lowest BCUT2D eigenvalue weighted by molar-refractivity contribution is 0.337. The van der Waals surface area contributed by atoms with E-state index in [0.29, 0.717) is 0 Å². The van der Waals surface area contributed by atoms with Gasteiger partial charge in [0, 0.05) is 11.1 Å². The van der Waals surface area contributed by atoms with Gasteiger partial charge in [0.2, 0.25) is 0 Å². The first-order chi connectivity index (χ1) is 12.3. The minimum absolute atomic E-state index is 0.225. The van der Waals surface area contributed by atoms with Crippen molar-refractivity contribution in [3.8, 4) is 11.5 Å². The number of halogens is 4. The van der Waals surface area contributed by atoms with Crippen LogP contribution in [0.1, 0.15) is 37.1 Å². The van der Waals surface area contributed by atoms with Gasteiger partial charge >= 0.3 is 0 Å². The summed E-state index contributed by atoms with van der Waals surface area (Å²) in [5, 5.41) is 24.8. The molecule has 0 amide bonds. The number of rotatable bonds is 7. The van der Waals surface area contributed by atoms with Crippen molar-refractivity contribution in [1.82, 2.24) is 10.6 Å². The van der Waals surface area contributed by atoms with Gasteiger partial charge in [-0.25, -0.2) is 17.6 Å². The molecule has 0 heterocycles. The zero-order chi connectivity index (χ0) is 19.4. The molecular weight excluding hydrogens is 352 g/mol. The van der Waals surface area contributed by atoms with Gasteiger partial charge in [-0.1, -0.05) is 13.8 Å². The molecule has 8 heteroatoms. The van der Waals surface area contributed by atoms with Crippen LogP contribution in [0.25, 0.3) is 0 Å². The number of aromatic hydroxyl groups is 2. The maximum absolute atomic E-state index is 14.4. The Morgan fingerprint density at radius 2 is 1.08 bits per heavy atom. The number of nitrogens with one attached hydrogen (secondary N) is 2. The van der Waals surface area contributed by atoms with Crippen molar-refractivity contribution in [3.05, 3.63) is 58.7 Å². The number of benzene rings is 2. The predicted molar refractivity (Wildman–Crippen MR) is 88.9 cm³/mol. The summed E-state index contributed by atoms with van der Waals surface area (Å²) in [6, 6.07) is 0.951. The number of hydrogen-bond donors (Lipinski definition) is 4. The Labute approximate surface area is 148 Å². The third-order valence-corrected chi connectivity index (χ3v) is 4.02. The molecule has 4 nitrogen and oxygen atoms in total. The van der Waals surface area contributed by atoms with Gasteiger partial charge in [-0.05, 0) is 37.4 Å². The third kappa shape index (κ3) is 3.76. The Morgan fingerprint density at radius 1 is 0.731 bits per heavy atom. The SMILES string of the molecule is CCNC(c1c(F)ccc(O)c1F)C(NCC)c1c(F)ccc(O)c1F. The molecule has 2 rings (SSSR count). The molecule has 2 aromatic rings. The molecule has 4 N–H and O–H groups in total. The summed E-state index contributed by atoms with van der Waals surface area (Å²) in [6.07, 6.45) is 0. The molecular formula is C18H20F4N2O2. The molecule has 0 spiro atoms. The molecule has 0 aliphatic carbocycles. The zero-order valence-corrected chi connectivity index (χ0v) is 14.3. The second kappa shape index (κ2) is 8.37. The topological polar surface area (TPSA) is 64.5 Å². The molecule has 0 aromatic heterocycles. The number of phenols is 2. The van der Waals surface area contributed by atoms with Gasteiger partial charge in [0.15, 0.2) is 23.1 Å². The van der Waals surface area contributed by atoms with Crippen molar-refractivity contribution in [2.45, 2.75) is 25.9 Å². The van der Waals surface area contributed by atoms with Crippen molar-refractivity contribution in [2.24, 2.45) is 0 Å². The van der Waals surface area contributed by atoms with Crippen molar-refractivity contribution < 1.29 is 27.8 Å². The molecule has 142 valence electrons. The Morgan fingerprint density at radius 3 is 1.38 bits per heavy atom. The summed E-state index contributed by atoms with van der Waals surface area (Å²) < 4.78 is 57.6. The van der Waals surface area contributed by atoms with Crippen LogP contribution in [0.5, 0.6) is 11.5 Å². The van der Waals surface area contributed by atoms with E-state index in [9.17, 15) is 27.8 Å². The van der Waals surface area contributed by atoms with E-state index in [2.05, 4.69) is 10.6 Å². The summed E-state index contributed by atoms with van der Waals surface area (Å²) in [7, 11) is 0. The largest absolute Gasteiger partial charge is 0.505 e. The minimum atomic E-state index is -1.25. The number of hydrogen-bond acceptors (Lipinski definition) is 4. The maximum Gasteiger partial charge on any atom is 0.172 e. The average Bonchev–Trinajstić information content (AvgIpc) is 2.60. The molecule has 26 heavy (non-hydrogen) atoms. The first kappa shape index (κ1) is 20.0. The first-order valence-electron chi connectivity index (χ1n) is 8.13. The second-order valence-electron chi connectivity index (χ2n) is 5.66. The van der Waals surface area contributed by atoms with Gasteiger partial charge in [0.25, 0.3) is 0 Å². The highest BCUT2D eigenvalue weighted by molar-refractivity contribution is 5.39. The molecule has 0 saturated carbocycles. The minimum Gasteiger partial charge on any atom is -0.505 e. The van der Waals surface area contributed by atoms with Crippen molar-refractivity contribution in [1.29, 1.82) is 0 Å². The molecule has 2 atom stereocenters. The summed E-state index contributed by atoms with van der Waals surface area (Å²) >= 11 is 0. The summed E-state index contributed by atoms with van der Waals surface area (Å²) in [5.74, 6) is -5.96. The molecule has 2 aromatic carbocycles. The number of phenolic OH excluding ortho intramolecular Hbond substituents is 2. The van der Waals surface area contributed by atoms with Crippen molar-refractivity contribution >= 4 is 0 Å². The average molecular weight is 372 g/mol. The fraction of sp³-hybridized carbons (Fsp3) is 0.333. The normalized spacial score (nSPS) is 13.6. The summed E-state index contributed by atoms with van der Waals surface area (Å²) in [5.41, 5.74) is -1.11. The zero-order valence-electron chi connectivity index (χ0n) is 14.3. The van der Waals surface area contributed by atoms with Gasteiger partial charge in [-0.3, -0.25) is 0 Å². The van der Waals surface area contributed by atoms with Crippen LogP contribution in [0.2, 0.25) is 0 Å². The molecule has 0 fully saturated rings. The smallest absolute Gasteiger partial charge is 0.172 e. The predicted octanol–water partition coefficient (Wildman–Crippen LogP) is 3.66. The quantitative estimate of drug-likeness (QED) is 0.560. The van der Waals surface area contributed by atoms with Gasteiger partial charge in [0.05, 0.1) is 12.1 Å². The lowest BCUT2D eigenvalue weighted by Gasteiger charge is -2.30. The number of likely N-dealkylation sites (N-methyl/N-ethyl adjacent to an activating group) is 2. The lowest BCUT2D eigenvalue weighted by Crippen LogP contribution is -2.37. The molecule has 0 aliphatic rings. The van der Waals surface area contributed by atoms with Crippen LogP contribution >= 0.6 is 0 Å². The highest BCUT2D eigenvalue weighted by Crippen LogP contribution is 2.38. The van der Waals surface area contributed by atoms with E-state index in [-0.39, 0.29) is 13.1 Å². The fourth-order valence-corrected chi connectivity index (χ4v) is 2.90. The summed E-state index contributed by atoms with van der Waals surface area (Å²) in [6.45, 7) is 3.76. The van der Waals surface area contributed by atoms with E-state index < -0.39 is 58.0 Å². The Hall–Kier alpha value is -2.32. The highest BCUT2D eigenvalue weighted by atomic mass is 19.1. The Kier molecular flexibility index (Phi) is 6.44. The van der Waals surface area contributed by atoms with Crippen LogP contribution in [0, 0.1) is 23.3 Å². The molecule has 0 bridgehead atoms. The first-order valence-corrected chi connectivity index (χ1v) is 8.13. The monoisotopic (exact) mass is 372 g/mol. The van der Waals surface area contributed by atoms with Crippen molar-refractivity contribution in [2.75, 3.05) is 13.1 Å². The van der Waals surface area contributed by atoms with Crippen LogP contribution in [-0.2, 0) is 0 Å². The van der Waals surface area contributed by atoms with Crippen LogP contribution in [0.3, 0.4) is 0 Å². The molecule has 2 unspecified atom stereocenters. The molecule has 0 radical (unpaired) electrons. The van der Waals surface area contributed by atoms with E-state index in [4.69, 9.17) is 0 Å². The maximum atomic E-state index is 14.4. The molecule has 0 aliphatic heterocycles. The van der Waals surface area contributed by atoms with E-state index in [1.54, 1.807) is 13.8 Å². The molecule has 0 saturated heterocycles. The standard InChI is InChI=1S/C18H20F4N2O2/c1-3-23-17(13-9(19)5-7-11(25)15(13)21)18(24-4-2)14-10(20)6-8-12(26)16(14)22/h5-8,17-18,23-26H,3-4H2,1-2H3. The lowest BCUT2D eigenvalue weighted by atomic mass is 9.91. The van der Waals surface area contributed by atoms with Crippen LogP contribution in [-0.4, -0.2) is 23.3 Å². The second-order valence-corrected chi connectivity index (χ2v) is 5.66. The van der Waals surface area contributed by atoms with Gasteiger partial charge in [0.1, 0.15) is 11.6 Å². The van der Waals surface area contributed by atoms with E-state index in [1.165, 1.54) is 0 Å². The fourth-order valence-electron chi connectivity index (χ4n) is 2.90. The van der Waals surface area contributed by atoms with Crippen LogP contribution < -0.4 is 10.6 Å². The summed E-state index contributed by atoms with van der Waals surface area (Å²) in [4.78, 5) is 0. The Balaban J connectivity index is 2.70. The van der Waals surface area contributed by atoms with Gasteiger partial charge in [-0.2, -0.15) is 0 Å². The van der Waals surface area contributed by atoms with E-state index in [0.717, 1.165) is 24.3 Å². The highest BCUT2D eigenvalue weighted by Gasteiger charge is 2.34. The van der Waals surface area contributed by atoms with E-state index >= 15 is 0 Å². The third-order valence-electron chi connectivity index (χ3n) is 4.02. The Bertz CT molecular complexity index is 721. The van der Waals surface area contributed by atoms with E-state index in [1.807, 2.05) is 0 Å². The van der Waals surface area contributed by atoms with Gasteiger partial charge in [-0.15, -0.1) is 0 Å². The van der Waals surface area contributed by atoms with Crippen LogP contribution in [0.15, 0.2) is 24.3 Å².